The summed E-state index contributed by atoms with van der Waals surface area (Å²) in [6, 6.07) is 6.62. The number of nitrogens with zero attached hydrogens (tertiary/aromatic N) is 3. The van der Waals surface area contributed by atoms with Crippen molar-refractivity contribution in [1.82, 2.24) is 4.90 Å². The van der Waals surface area contributed by atoms with E-state index < -0.39 is 28.7 Å². The molecular formula is C33H45N3O5S. The third-order valence-electron chi connectivity index (χ3n) is 9.67. The Morgan fingerprint density at radius 1 is 1.07 bits per heavy atom. The van der Waals surface area contributed by atoms with Crippen LogP contribution in [0.25, 0.3) is 0 Å². The number of hydrogen-bond acceptors (Lipinski definition) is 7. The summed E-state index contributed by atoms with van der Waals surface area (Å²) in [6.45, 7) is 10.5. The second kappa shape index (κ2) is 12.8. The maximum atomic E-state index is 14.8. The van der Waals surface area contributed by atoms with Crippen molar-refractivity contribution >= 4 is 40.9 Å². The number of anilines is 2. The molecule has 2 amide bonds. The van der Waals surface area contributed by atoms with Crippen molar-refractivity contribution in [2.24, 2.45) is 17.8 Å². The zero-order chi connectivity index (χ0) is 30.0. The van der Waals surface area contributed by atoms with Gasteiger partial charge in [-0.15, -0.1) is 11.8 Å². The fourth-order valence-electron chi connectivity index (χ4n) is 7.19. The van der Waals surface area contributed by atoms with Gasteiger partial charge in [-0.1, -0.05) is 44.6 Å². The molecule has 0 radical (unpaired) electrons. The first kappa shape index (κ1) is 30.7. The molecule has 228 valence electrons. The Morgan fingerprint density at radius 2 is 1.81 bits per heavy atom. The SMILES string of the molecule is CC[C@H](C)[C@H](CO)N1C(=O)[C@@H]2[C@@H]3C(=O)OCCCC/C=C\[C@@H]3S[C@@]23C=CCN(c2ccc(N(CC)CC)cc2)C(=O)C13. The van der Waals surface area contributed by atoms with Crippen molar-refractivity contribution in [2.75, 3.05) is 42.6 Å². The zero-order valence-electron chi connectivity index (χ0n) is 25.3. The van der Waals surface area contributed by atoms with Gasteiger partial charge in [-0.2, -0.15) is 0 Å². The number of hydrogen-bond donors (Lipinski definition) is 1. The van der Waals surface area contributed by atoms with Crippen molar-refractivity contribution in [3.63, 3.8) is 0 Å². The number of amides is 2. The standard InChI is InChI=1S/C33H45N3O5S/c1-5-22(4)25(21-37)36-29-31(39)35(24-16-14-23(15-17-24)34(6-2)7-3)19-12-18-33(29)28(30(36)38)27-26(42-33)13-10-8-9-11-20-41-32(27)40/h10,12-18,22,25-29,37H,5-9,11,19-21H2,1-4H3/b13-10-/t22-,25-,26-,27+,28-,29?,33-/m0/s1. The molecule has 1 aromatic carbocycles. The molecule has 4 aliphatic heterocycles. The molecule has 0 saturated carbocycles. The Morgan fingerprint density at radius 3 is 2.48 bits per heavy atom. The molecule has 5 rings (SSSR count). The van der Waals surface area contributed by atoms with Gasteiger partial charge >= 0.3 is 5.97 Å². The van der Waals surface area contributed by atoms with E-state index in [-0.39, 0.29) is 35.6 Å². The van der Waals surface area contributed by atoms with Gasteiger partial charge in [0.25, 0.3) is 5.91 Å². The number of aliphatic hydroxyl groups excluding tert-OH is 1. The van der Waals surface area contributed by atoms with Gasteiger partial charge in [0.2, 0.25) is 5.91 Å². The lowest BCUT2D eigenvalue weighted by Gasteiger charge is -2.40. The van der Waals surface area contributed by atoms with E-state index in [4.69, 9.17) is 4.74 Å². The van der Waals surface area contributed by atoms with Crippen LogP contribution in [0.2, 0.25) is 0 Å². The van der Waals surface area contributed by atoms with E-state index in [1.54, 1.807) is 21.6 Å². The van der Waals surface area contributed by atoms with E-state index in [1.165, 1.54) is 0 Å². The number of aliphatic hydroxyl groups is 1. The van der Waals surface area contributed by atoms with E-state index in [1.807, 2.05) is 50.3 Å². The van der Waals surface area contributed by atoms with Crippen LogP contribution in [0.5, 0.6) is 0 Å². The van der Waals surface area contributed by atoms with Crippen LogP contribution >= 0.6 is 11.8 Å². The molecule has 0 bridgehead atoms. The van der Waals surface area contributed by atoms with Gasteiger partial charge in [-0.3, -0.25) is 14.4 Å². The Hall–Kier alpha value is -2.78. The Bertz CT molecular complexity index is 1210. The maximum absolute atomic E-state index is 14.8. The van der Waals surface area contributed by atoms with Crippen LogP contribution in [0.15, 0.2) is 48.6 Å². The van der Waals surface area contributed by atoms with E-state index in [0.717, 1.165) is 50.1 Å². The fourth-order valence-corrected chi connectivity index (χ4v) is 9.18. The van der Waals surface area contributed by atoms with Gasteiger partial charge in [0.1, 0.15) is 6.04 Å². The number of benzene rings is 1. The third-order valence-corrected chi connectivity index (χ3v) is 11.4. The Labute approximate surface area is 254 Å². The number of ether oxygens (including phenoxy) is 1. The van der Waals surface area contributed by atoms with Gasteiger partial charge in [0, 0.05) is 36.3 Å². The number of fused-ring (bicyclic) bond motifs is 2. The highest BCUT2D eigenvalue weighted by molar-refractivity contribution is 8.02. The van der Waals surface area contributed by atoms with Crippen LogP contribution in [0, 0.1) is 17.8 Å². The van der Waals surface area contributed by atoms with E-state index in [0.29, 0.717) is 13.2 Å². The smallest absolute Gasteiger partial charge is 0.311 e. The number of cyclic esters (lactones) is 1. The lowest BCUT2D eigenvalue weighted by molar-refractivity contribution is -0.153. The Kier molecular flexibility index (Phi) is 9.38. The number of carbonyl (C=O) groups excluding carboxylic acids is 3. The lowest BCUT2D eigenvalue weighted by atomic mass is 9.78. The van der Waals surface area contributed by atoms with Crippen LogP contribution in [-0.4, -0.2) is 82.7 Å². The maximum Gasteiger partial charge on any atom is 0.311 e. The second-order valence-corrected chi connectivity index (χ2v) is 13.3. The van der Waals surface area contributed by atoms with Crippen LogP contribution in [0.4, 0.5) is 11.4 Å². The summed E-state index contributed by atoms with van der Waals surface area (Å²) in [5.41, 5.74) is 1.85. The van der Waals surface area contributed by atoms with Crippen LogP contribution < -0.4 is 9.80 Å². The normalized spacial score (nSPS) is 31.5. The molecule has 42 heavy (non-hydrogen) atoms. The van der Waals surface area contributed by atoms with E-state index >= 15 is 0 Å². The predicted molar refractivity (Wildman–Crippen MR) is 167 cm³/mol. The average molecular weight is 596 g/mol. The first-order valence-electron chi connectivity index (χ1n) is 15.6. The van der Waals surface area contributed by atoms with Gasteiger partial charge < -0.3 is 24.5 Å². The lowest BCUT2D eigenvalue weighted by Crippen LogP contribution is -2.58. The van der Waals surface area contributed by atoms with Crippen LogP contribution in [-0.2, 0) is 19.1 Å². The first-order valence-corrected chi connectivity index (χ1v) is 16.5. The summed E-state index contributed by atoms with van der Waals surface area (Å²) in [6.07, 6.45) is 11.5. The largest absolute Gasteiger partial charge is 0.465 e. The topological polar surface area (TPSA) is 90.4 Å². The van der Waals surface area contributed by atoms with Crippen molar-refractivity contribution in [3.8, 4) is 0 Å². The van der Waals surface area contributed by atoms with Crippen molar-refractivity contribution < 1.29 is 24.2 Å². The number of esters is 1. The summed E-state index contributed by atoms with van der Waals surface area (Å²) in [5.74, 6) is -2.27. The van der Waals surface area contributed by atoms with Gasteiger partial charge in [-0.25, -0.2) is 0 Å². The fraction of sp³-hybridized carbons (Fsp3) is 0.606. The minimum absolute atomic E-state index is 0.0339. The number of carbonyl (C=O) groups is 3. The third kappa shape index (κ3) is 5.17. The first-order chi connectivity index (χ1) is 20.3. The quantitative estimate of drug-likeness (QED) is 0.352. The number of likely N-dealkylation sites (tertiary alicyclic amines) is 1. The van der Waals surface area contributed by atoms with Crippen LogP contribution in [0.3, 0.4) is 0 Å². The van der Waals surface area contributed by atoms with Crippen molar-refractivity contribution in [3.05, 3.63) is 48.6 Å². The second-order valence-electron chi connectivity index (χ2n) is 11.9. The molecule has 0 aliphatic carbocycles. The van der Waals surface area contributed by atoms with Crippen molar-refractivity contribution in [1.29, 1.82) is 0 Å². The molecule has 1 N–H and O–H groups in total. The molecule has 1 aromatic rings. The summed E-state index contributed by atoms with van der Waals surface area (Å²) in [4.78, 5) is 48.6. The molecular weight excluding hydrogens is 550 g/mol. The average Bonchev–Trinajstić information content (AvgIpc) is 3.39. The minimum Gasteiger partial charge on any atom is -0.465 e. The van der Waals surface area contributed by atoms with Gasteiger partial charge in [0.05, 0.1) is 35.8 Å². The molecule has 0 aromatic heterocycles. The molecule has 9 heteroatoms. The monoisotopic (exact) mass is 595 g/mol. The molecule has 7 atom stereocenters. The summed E-state index contributed by atoms with van der Waals surface area (Å²) < 4.78 is 4.78. The number of rotatable bonds is 8. The predicted octanol–water partition coefficient (Wildman–Crippen LogP) is 4.42. The van der Waals surface area contributed by atoms with Gasteiger partial charge in [-0.05, 0) is 63.3 Å². The molecule has 1 unspecified atom stereocenters. The minimum atomic E-state index is -0.947. The highest BCUT2D eigenvalue weighted by Crippen LogP contribution is 2.61. The van der Waals surface area contributed by atoms with Crippen LogP contribution in [0.1, 0.15) is 53.4 Å². The number of thioether (sulfide) groups is 1. The summed E-state index contributed by atoms with van der Waals surface area (Å²) >= 11 is 1.55. The Balaban J connectivity index is 1.60. The highest BCUT2D eigenvalue weighted by atomic mass is 32.2. The number of allylic oxidation sites excluding steroid dienone is 1. The van der Waals surface area contributed by atoms with E-state index in [2.05, 4.69) is 30.9 Å². The summed E-state index contributed by atoms with van der Waals surface area (Å²) in [5, 5.41) is 10.3. The molecule has 1 spiro atoms. The van der Waals surface area contributed by atoms with Crippen molar-refractivity contribution in [2.45, 2.75) is 75.5 Å². The van der Waals surface area contributed by atoms with Gasteiger partial charge in [0.15, 0.2) is 0 Å². The zero-order valence-corrected chi connectivity index (χ0v) is 26.1. The molecule has 4 aliphatic rings. The summed E-state index contributed by atoms with van der Waals surface area (Å²) in [7, 11) is 0. The van der Waals surface area contributed by atoms with E-state index in [9.17, 15) is 19.5 Å². The highest BCUT2D eigenvalue weighted by Gasteiger charge is 2.72. The molecule has 8 nitrogen and oxygen atoms in total. The molecule has 2 saturated heterocycles. The molecule has 4 heterocycles. The molecule has 2 fully saturated rings.